The minimum atomic E-state index is -2.99. The number of carbonyl (C=O) groups is 1. The van der Waals surface area contributed by atoms with Crippen LogP contribution in [0.2, 0.25) is 5.02 Å². The number of amides is 1. The highest BCUT2D eigenvalue weighted by molar-refractivity contribution is 7.99. The van der Waals surface area contributed by atoms with E-state index in [2.05, 4.69) is 15.0 Å². The molecule has 1 amide bonds. The van der Waals surface area contributed by atoms with Crippen molar-refractivity contribution in [2.75, 3.05) is 11.1 Å². The maximum atomic E-state index is 12.2. The van der Waals surface area contributed by atoms with Crippen LogP contribution in [0, 0.1) is 0 Å². The van der Waals surface area contributed by atoms with Crippen molar-refractivity contribution in [2.45, 2.75) is 11.8 Å². The maximum absolute atomic E-state index is 12.2. The zero-order valence-electron chi connectivity index (χ0n) is 13.7. The first kappa shape index (κ1) is 19.6. The molecule has 3 rings (SSSR count). The number of thiophene rings is 1. The quantitative estimate of drug-likeness (QED) is 0.472. The van der Waals surface area contributed by atoms with Crippen molar-refractivity contribution < 1.29 is 18.3 Å². The lowest BCUT2D eigenvalue weighted by atomic mass is 10.3. The number of halogens is 3. The van der Waals surface area contributed by atoms with Gasteiger partial charge in [-0.15, -0.1) is 11.3 Å². The Hall–Kier alpha value is -2.17. The predicted octanol–water partition coefficient (Wildman–Crippen LogP) is 3.98. The number of benzene rings is 1. The van der Waals surface area contributed by atoms with Crippen LogP contribution in [0.5, 0.6) is 5.75 Å². The number of ether oxygens (including phenoxy) is 1. The van der Waals surface area contributed by atoms with E-state index in [1.54, 1.807) is 18.5 Å². The van der Waals surface area contributed by atoms with Gasteiger partial charge in [0.1, 0.15) is 10.4 Å². The summed E-state index contributed by atoms with van der Waals surface area (Å²) >= 11 is 8.28. The molecule has 0 aliphatic rings. The van der Waals surface area contributed by atoms with Crippen molar-refractivity contribution in [3.63, 3.8) is 0 Å². The zero-order valence-corrected chi connectivity index (χ0v) is 16.1. The third-order valence-electron chi connectivity index (χ3n) is 3.41. The van der Waals surface area contributed by atoms with Crippen molar-refractivity contribution in [3.05, 3.63) is 45.0 Å². The number of carbonyl (C=O) groups excluding carboxylic acids is 1. The molecule has 0 spiro atoms. The average molecular weight is 432 g/mol. The van der Waals surface area contributed by atoms with Gasteiger partial charge in [-0.2, -0.15) is 8.78 Å². The summed E-state index contributed by atoms with van der Waals surface area (Å²) in [6.45, 7) is -2.99. The fourth-order valence-corrected chi connectivity index (χ4v) is 4.00. The van der Waals surface area contributed by atoms with E-state index < -0.39 is 6.61 Å². The summed E-state index contributed by atoms with van der Waals surface area (Å²) in [6.07, 6.45) is 0. The molecule has 142 valence electrons. The number of aromatic nitrogens is 2. The van der Waals surface area contributed by atoms with Crippen LogP contribution < -0.4 is 15.6 Å². The van der Waals surface area contributed by atoms with Crippen molar-refractivity contribution in [2.24, 2.45) is 7.05 Å². The second-order valence-electron chi connectivity index (χ2n) is 5.25. The number of nitrogens with one attached hydrogen (secondary N) is 1. The molecule has 0 aliphatic heterocycles. The maximum Gasteiger partial charge on any atom is 0.387 e. The van der Waals surface area contributed by atoms with Crippen LogP contribution in [0.25, 0.3) is 10.2 Å². The van der Waals surface area contributed by atoms with Crippen LogP contribution in [-0.4, -0.2) is 27.8 Å². The Labute approximate surface area is 165 Å². The Balaban J connectivity index is 1.66. The van der Waals surface area contributed by atoms with Gasteiger partial charge in [0.2, 0.25) is 5.91 Å². The molecule has 2 aromatic heterocycles. The smallest absolute Gasteiger partial charge is 0.387 e. The minimum Gasteiger partial charge on any atom is -0.433 e. The SMILES string of the molecule is Cn1c(SCC(=O)Nc2ccc(OC(F)F)c(Cl)c2)nc2ccsc2c1=O. The van der Waals surface area contributed by atoms with E-state index in [-0.39, 0.29) is 28.0 Å². The van der Waals surface area contributed by atoms with E-state index in [0.29, 0.717) is 21.1 Å². The van der Waals surface area contributed by atoms with E-state index in [9.17, 15) is 18.4 Å². The molecule has 11 heteroatoms. The number of anilines is 1. The lowest BCUT2D eigenvalue weighted by molar-refractivity contribution is -0.113. The summed E-state index contributed by atoms with van der Waals surface area (Å²) in [4.78, 5) is 28.7. The first-order valence-electron chi connectivity index (χ1n) is 7.46. The van der Waals surface area contributed by atoms with Gasteiger partial charge >= 0.3 is 6.61 Å². The fraction of sp³-hybridized carbons (Fsp3) is 0.188. The summed E-state index contributed by atoms with van der Waals surface area (Å²) in [5.74, 6) is -0.538. The molecule has 0 atom stereocenters. The fourth-order valence-electron chi connectivity index (χ4n) is 2.19. The van der Waals surface area contributed by atoms with Gasteiger partial charge in [-0.05, 0) is 29.6 Å². The van der Waals surface area contributed by atoms with Crippen LogP contribution in [-0.2, 0) is 11.8 Å². The number of rotatable bonds is 6. The van der Waals surface area contributed by atoms with E-state index in [1.165, 1.54) is 34.1 Å². The molecule has 2 heterocycles. The summed E-state index contributed by atoms with van der Waals surface area (Å²) in [7, 11) is 1.59. The monoisotopic (exact) mass is 431 g/mol. The lowest BCUT2D eigenvalue weighted by Crippen LogP contribution is -2.20. The molecule has 0 saturated heterocycles. The summed E-state index contributed by atoms with van der Waals surface area (Å²) < 4.78 is 30.7. The average Bonchev–Trinajstić information content (AvgIpc) is 3.07. The van der Waals surface area contributed by atoms with Crippen molar-refractivity contribution in [3.8, 4) is 5.75 Å². The summed E-state index contributed by atoms with van der Waals surface area (Å²) in [5, 5.41) is 4.75. The summed E-state index contributed by atoms with van der Waals surface area (Å²) in [5.41, 5.74) is 0.758. The van der Waals surface area contributed by atoms with Crippen LogP contribution >= 0.6 is 34.7 Å². The van der Waals surface area contributed by atoms with Gasteiger partial charge in [0.05, 0.1) is 16.3 Å². The van der Waals surface area contributed by atoms with Crippen molar-refractivity contribution in [1.82, 2.24) is 9.55 Å². The Morgan fingerprint density at radius 1 is 1.44 bits per heavy atom. The molecule has 0 fully saturated rings. The van der Waals surface area contributed by atoms with E-state index in [1.807, 2.05) is 0 Å². The topological polar surface area (TPSA) is 73.2 Å². The largest absolute Gasteiger partial charge is 0.433 e. The second kappa shape index (κ2) is 8.24. The third-order valence-corrected chi connectivity index (χ3v) is 5.63. The number of nitrogens with zero attached hydrogens (tertiary/aromatic N) is 2. The molecule has 0 saturated carbocycles. The minimum absolute atomic E-state index is 0.00281. The number of hydrogen-bond acceptors (Lipinski definition) is 6. The zero-order chi connectivity index (χ0) is 19.6. The van der Waals surface area contributed by atoms with Gasteiger partial charge in [-0.1, -0.05) is 23.4 Å². The second-order valence-corrected chi connectivity index (χ2v) is 7.52. The van der Waals surface area contributed by atoms with Gasteiger partial charge in [-0.3, -0.25) is 14.2 Å². The molecule has 1 N–H and O–H groups in total. The van der Waals surface area contributed by atoms with Gasteiger partial charge in [-0.25, -0.2) is 4.98 Å². The highest BCUT2D eigenvalue weighted by Crippen LogP contribution is 2.29. The van der Waals surface area contributed by atoms with Crippen LogP contribution in [0.3, 0.4) is 0 Å². The molecular formula is C16H12ClF2N3O3S2. The molecule has 27 heavy (non-hydrogen) atoms. The highest BCUT2D eigenvalue weighted by Gasteiger charge is 2.13. The molecule has 0 bridgehead atoms. The third kappa shape index (κ3) is 4.57. The van der Waals surface area contributed by atoms with Gasteiger partial charge in [0.15, 0.2) is 5.16 Å². The first-order valence-corrected chi connectivity index (χ1v) is 9.70. The molecule has 6 nitrogen and oxygen atoms in total. The van der Waals surface area contributed by atoms with Gasteiger partial charge in [0, 0.05) is 12.7 Å². The molecule has 0 unspecified atom stereocenters. The first-order chi connectivity index (χ1) is 12.8. The summed E-state index contributed by atoms with van der Waals surface area (Å²) in [6, 6.07) is 5.70. The Morgan fingerprint density at radius 2 is 2.22 bits per heavy atom. The van der Waals surface area contributed by atoms with E-state index in [4.69, 9.17) is 11.6 Å². The number of alkyl halides is 2. The molecule has 3 aromatic rings. The number of thioether (sulfide) groups is 1. The number of fused-ring (bicyclic) bond motifs is 1. The molecular weight excluding hydrogens is 420 g/mol. The van der Waals surface area contributed by atoms with Crippen LogP contribution in [0.1, 0.15) is 0 Å². The molecule has 1 aromatic carbocycles. The standard InChI is InChI=1S/C16H12ClF2N3O3S2/c1-22-14(24)13-10(4-5-26-13)21-16(22)27-7-12(23)20-8-2-3-11(9(17)6-8)25-15(18)19/h2-6,15H,7H2,1H3,(H,20,23). The van der Waals surface area contributed by atoms with Gasteiger partial charge < -0.3 is 10.1 Å². The van der Waals surface area contributed by atoms with Crippen LogP contribution in [0.15, 0.2) is 39.6 Å². The Kier molecular flexibility index (Phi) is 5.98. The molecule has 0 aliphatic carbocycles. The van der Waals surface area contributed by atoms with Gasteiger partial charge in [0.25, 0.3) is 5.56 Å². The normalized spacial score (nSPS) is 11.1. The van der Waals surface area contributed by atoms with Crippen molar-refractivity contribution >= 4 is 56.5 Å². The Morgan fingerprint density at radius 3 is 2.93 bits per heavy atom. The molecule has 0 radical (unpaired) electrons. The van der Waals surface area contributed by atoms with E-state index in [0.717, 1.165) is 11.8 Å². The highest BCUT2D eigenvalue weighted by atomic mass is 35.5. The Bertz CT molecular complexity index is 1060. The van der Waals surface area contributed by atoms with Crippen molar-refractivity contribution in [1.29, 1.82) is 0 Å². The van der Waals surface area contributed by atoms with Crippen LogP contribution in [0.4, 0.5) is 14.5 Å². The predicted molar refractivity (Wildman–Crippen MR) is 102 cm³/mol. The van der Waals surface area contributed by atoms with E-state index >= 15 is 0 Å². The number of hydrogen-bond donors (Lipinski definition) is 1. The lowest BCUT2D eigenvalue weighted by Gasteiger charge is -2.10.